The minimum absolute atomic E-state index is 0.0158. The Hall–Kier alpha value is -0.460. The number of hydrogen-bond acceptors (Lipinski definition) is 4. The fraction of sp³-hybridized carbons (Fsp3) is 0.923. The molecule has 0 spiro atoms. The summed E-state index contributed by atoms with van der Waals surface area (Å²) in [5.74, 6) is 0.907. The zero-order valence-electron chi connectivity index (χ0n) is 11.5. The van der Waals surface area contributed by atoms with Crippen LogP contribution in [-0.4, -0.2) is 43.9 Å². The molecule has 2 N–H and O–H groups in total. The smallest absolute Gasteiger partial charge is 0.211 e. The summed E-state index contributed by atoms with van der Waals surface area (Å²) in [5, 5.41) is 0. The molecule has 5 nitrogen and oxygen atoms in total. The zero-order chi connectivity index (χ0) is 14.0. The molecule has 19 heavy (non-hydrogen) atoms. The van der Waals surface area contributed by atoms with Crippen molar-refractivity contribution in [1.82, 2.24) is 4.31 Å². The van der Waals surface area contributed by atoms with Crippen LogP contribution in [0.15, 0.2) is 0 Å². The highest BCUT2D eigenvalue weighted by Crippen LogP contribution is 2.33. The molecule has 2 aliphatic rings. The first kappa shape index (κ1) is 14.9. The van der Waals surface area contributed by atoms with E-state index in [2.05, 4.69) is 0 Å². The van der Waals surface area contributed by atoms with Crippen molar-refractivity contribution < 1.29 is 13.2 Å². The Morgan fingerprint density at radius 3 is 2.63 bits per heavy atom. The lowest BCUT2D eigenvalue weighted by Gasteiger charge is -2.30. The summed E-state index contributed by atoms with van der Waals surface area (Å²) in [7, 11) is -3.12. The molecule has 0 aromatic rings. The highest BCUT2D eigenvalue weighted by molar-refractivity contribution is 7.88. The molecular formula is C13H24N2O3S. The van der Waals surface area contributed by atoms with Gasteiger partial charge in [-0.15, -0.1) is 0 Å². The monoisotopic (exact) mass is 288 g/mol. The van der Waals surface area contributed by atoms with Crippen LogP contribution >= 0.6 is 0 Å². The van der Waals surface area contributed by atoms with Gasteiger partial charge in [-0.2, -0.15) is 0 Å². The zero-order valence-corrected chi connectivity index (χ0v) is 12.4. The van der Waals surface area contributed by atoms with Crippen LogP contribution in [0.5, 0.6) is 0 Å². The molecule has 0 radical (unpaired) electrons. The summed E-state index contributed by atoms with van der Waals surface area (Å²) in [6, 6.07) is 0.0158. The summed E-state index contributed by atoms with van der Waals surface area (Å²) < 4.78 is 24.5. The lowest BCUT2D eigenvalue weighted by atomic mass is 9.91. The number of hydrogen-bond donors (Lipinski definition) is 1. The van der Waals surface area contributed by atoms with Crippen molar-refractivity contribution in [3.8, 4) is 0 Å². The molecule has 0 amide bonds. The van der Waals surface area contributed by atoms with Gasteiger partial charge in [-0.25, -0.2) is 12.7 Å². The number of Topliss-reactive ketones (excluding diaryl/α,β-unsaturated/α-hetero) is 1. The van der Waals surface area contributed by atoms with Gasteiger partial charge in [-0.05, 0) is 37.5 Å². The molecule has 0 bridgehead atoms. The van der Waals surface area contributed by atoms with Crippen LogP contribution in [0, 0.1) is 11.8 Å². The number of piperidine rings is 1. The largest absolute Gasteiger partial charge is 0.327 e. The Morgan fingerprint density at radius 2 is 2.05 bits per heavy atom. The molecule has 1 saturated carbocycles. The second-order valence-corrected chi connectivity index (χ2v) is 8.06. The van der Waals surface area contributed by atoms with Gasteiger partial charge in [-0.3, -0.25) is 4.79 Å². The van der Waals surface area contributed by atoms with Gasteiger partial charge in [0.2, 0.25) is 10.0 Å². The van der Waals surface area contributed by atoms with Crippen LogP contribution in [0.2, 0.25) is 0 Å². The lowest BCUT2D eigenvalue weighted by molar-refractivity contribution is -0.120. The van der Waals surface area contributed by atoms with Gasteiger partial charge in [0.1, 0.15) is 5.78 Å². The molecule has 2 unspecified atom stereocenters. The maximum atomic E-state index is 12.0. The Morgan fingerprint density at radius 1 is 1.37 bits per heavy atom. The van der Waals surface area contributed by atoms with Crippen LogP contribution in [0.4, 0.5) is 0 Å². The number of carbonyl (C=O) groups is 1. The van der Waals surface area contributed by atoms with Crippen molar-refractivity contribution in [2.24, 2.45) is 17.6 Å². The van der Waals surface area contributed by atoms with Crippen molar-refractivity contribution in [2.45, 2.75) is 44.6 Å². The van der Waals surface area contributed by atoms with E-state index in [1.807, 2.05) is 0 Å². The molecular weight excluding hydrogens is 264 g/mol. The Balaban J connectivity index is 1.79. The summed E-state index contributed by atoms with van der Waals surface area (Å²) in [6.07, 6.45) is 6.27. The fourth-order valence-corrected chi connectivity index (χ4v) is 3.80. The van der Waals surface area contributed by atoms with E-state index in [1.165, 1.54) is 10.6 Å². The quantitative estimate of drug-likeness (QED) is 0.782. The molecule has 0 aromatic carbocycles. The highest BCUT2D eigenvalue weighted by atomic mass is 32.2. The first-order chi connectivity index (χ1) is 8.86. The maximum absolute atomic E-state index is 12.0. The number of nitrogens with zero attached hydrogens (tertiary/aromatic N) is 1. The van der Waals surface area contributed by atoms with E-state index in [0.717, 1.165) is 25.7 Å². The number of sulfonamides is 1. The maximum Gasteiger partial charge on any atom is 0.211 e. The van der Waals surface area contributed by atoms with Gasteiger partial charge >= 0.3 is 0 Å². The topological polar surface area (TPSA) is 80.5 Å². The molecule has 2 atom stereocenters. The van der Waals surface area contributed by atoms with Crippen LogP contribution < -0.4 is 5.73 Å². The van der Waals surface area contributed by atoms with Crippen molar-refractivity contribution in [3.63, 3.8) is 0 Å². The van der Waals surface area contributed by atoms with E-state index in [1.54, 1.807) is 0 Å². The van der Waals surface area contributed by atoms with Crippen LogP contribution in [-0.2, 0) is 14.8 Å². The second-order valence-electron chi connectivity index (χ2n) is 6.08. The number of carbonyl (C=O) groups excluding carboxylic acids is 1. The molecule has 0 aromatic heterocycles. The first-order valence-corrected chi connectivity index (χ1v) is 8.93. The van der Waals surface area contributed by atoms with Gasteiger partial charge in [0.25, 0.3) is 0 Å². The number of nitrogens with two attached hydrogens (primary N) is 1. The Labute approximate surface area is 115 Å². The normalized spacial score (nSPS) is 27.2. The van der Waals surface area contributed by atoms with Gasteiger partial charge in [-0.1, -0.05) is 0 Å². The van der Waals surface area contributed by atoms with E-state index in [4.69, 9.17) is 5.73 Å². The third-order valence-corrected chi connectivity index (χ3v) is 5.43. The van der Waals surface area contributed by atoms with Gasteiger partial charge in [0, 0.05) is 32.0 Å². The minimum atomic E-state index is -3.12. The molecule has 2 rings (SSSR count). The third-order valence-electron chi connectivity index (χ3n) is 4.16. The summed E-state index contributed by atoms with van der Waals surface area (Å²) in [6.45, 7) is 1.08. The van der Waals surface area contributed by atoms with E-state index in [0.29, 0.717) is 31.8 Å². The highest BCUT2D eigenvalue weighted by Gasteiger charge is 2.31. The van der Waals surface area contributed by atoms with Gasteiger partial charge in [0.15, 0.2) is 0 Å². The average Bonchev–Trinajstić information content (AvgIpc) is 3.11. The lowest BCUT2D eigenvalue weighted by Crippen LogP contribution is -2.40. The van der Waals surface area contributed by atoms with Gasteiger partial charge in [0.05, 0.1) is 6.26 Å². The average molecular weight is 288 g/mol. The van der Waals surface area contributed by atoms with Crippen LogP contribution in [0.3, 0.4) is 0 Å². The van der Waals surface area contributed by atoms with E-state index in [-0.39, 0.29) is 17.7 Å². The van der Waals surface area contributed by atoms with Crippen molar-refractivity contribution in [2.75, 3.05) is 19.3 Å². The minimum Gasteiger partial charge on any atom is -0.327 e. The Bertz CT molecular complexity index is 431. The van der Waals surface area contributed by atoms with E-state index in [9.17, 15) is 13.2 Å². The molecule has 110 valence electrons. The number of rotatable bonds is 6. The third kappa shape index (κ3) is 4.54. The van der Waals surface area contributed by atoms with Gasteiger partial charge < -0.3 is 5.73 Å². The summed E-state index contributed by atoms with van der Waals surface area (Å²) in [5.41, 5.74) is 5.95. The molecule has 6 heteroatoms. The van der Waals surface area contributed by atoms with Crippen molar-refractivity contribution >= 4 is 15.8 Å². The summed E-state index contributed by atoms with van der Waals surface area (Å²) in [4.78, 5) is 12.0. The van der Waals surface area contributed by atoms with E-state index >= 15 is 0 Å². The van der Waals surface area contributed by atoms with Crippen molar-refractivity contribution in [3.05, 3.63) is 0 Å². The van der Waals surface area contributed by atoms with Crippen LogP contribution in [0.25, 0.3) is 0 Å². The Kier molecular flexibility index (Phi) is 4.63. The molecule has 1 saturated heterocycles. The SMILES string of the molecule is CS(=O)(=O)N1CCCC(CC(=O)CC(N)C2CC2)C1. The fourth-order valence-electron chi connectivity index (χ4n) is 2.85. The predicted molar refractivity (Wildman–Crippen MR) is 74.1 cm³/mol. The molecule has 2 fully saturated rings. The van der Waals surface area contributed by atoms with Crippen LogP contribution in [0.1, 0.15) is 38.5 Å². The standard InChI is InChI=1S/C13H24N2O3S/c1-19(17,18)15-6-2-3-10(9-15)7-12(16)8-13(14)11-4-5-11/h10-11,13H,2-9,14H2,1H3. The van der Waals surface area contributed by atoms with E-state index < -0.39 is 10.0 Å². The molecule has 1 heterocycles. The van der Waals surface area contributed by atoms with Crippen molar-refractivity contribution in [1.29, 1.82) is 0 Å². The first-order valence-electron chi connectivity index (χ1n) is 7.08. The second kappa shape index (κ2) is 5.89. The predicted octanol–water partition coefficient (Wildman–Crippen LogP) is 0.745. The number of ketones is 1. The molecule has 1 aliphatic heterocycles. The molecule has 1 aliphatic carbocycles. The summed E-state index contributed by atoms with van der Waals surface area (Å²) >= 11 is 0.